The summed E-state index contributed by atoms with van der Waals surface area (Å²) >= 11 is 5.61. The first-order valence-electron chi connectivity index (χ1n) is 3.25. The fourth-order valence-corrected chi connectivity index (χ4v) is 0.919. The lowest BCUT2D eigenvalue weighted by Crippen LogP contribution is -2.03. The maximum absolute atomic E-state index is 11.0. The van der Waals surface area contributed by atoms with E-state index in [9.17, 15) is 4.79 Å². The Hall–Kier alpha value is -0.960. The summed E-state index contributed by atoms with van der Waals surface area (Å²) < 4.78 is 4.72. The van der Waals surface area contributed by atoms with Crippen LogP contribution in [-0.4, -0.2) is 17.6 Å². The first-order chi connectivity index (χ1) is 5.25. The quantitative estimate of drug-likeness (QED) is 0.694. The summed E-state index contributed by atoms with van der Waals surface area (Å²) in [6.45, 7) is 2.11. The van der Waals surface area contributed by atoms with Gasteiger partial charge in [0.2, 0.25) is 0 Å². The van der Waals surface area contributed by atoms with Crippen LogP contribution in [0.25, 0.3) is 0 Å². The molecule has 0 aliphatic rings. The Morgan fingerprint density at radius 3 is 3.00 bits per heavy atom. The highest BCUT2D eigenvalue weighted by Crippen LogP contribution is 2.13. The molecule has 11 heavy (non-hydrogen) atoms. The largest absolute Gasteiger partial charge is 0.462 e. The molecule has 1 aromatic rings. The first kappa shape index (κ1) is 8.14. The molecule has 4 heteroatoms. The van der Waals surface area contributed by atoms with Gasteiger partial charge in [-0.05, 0) is 13.0 Å². The molecule has 0 unspecified atom stereocenters. The molecule has 1 rings (SSSR count). The zero-order valence-corrected chi connectivity index (χ0v) is 6.81. The van der Waals surface area contributed by atoms with E-state index in [4.69, 9.17) is 16.3 Å². The smallest absolute Gasteiger partial charge is 0.341 e. The van der Waals surface area contributed by atoms with Crippen LogP contribution in [0.1, 0.15) is 17.3 Å². The number of esters is 1. The van der Waals surface area contributed by atoms with Crippen molar-refractivity contribution >= 4 is 17.6 Å². The highest BCUT2D eigenvalue weighted by atomic mass is 35.5. The summed E-state index contributed by atoms with van der Waals surface area (Å²) in [4.78, 5) is 13.7. The topological polar surface area (TPSA) is 42.1 Å². The van der Waals surface area contributed by atoms with Crippen molar-refractivity contribution in [3.05, 3.63) is 23.0 Å². The molecule has 0 fully saturated rings. The van der Waals surface area contributed by atoms with Gasteiger partial charge in [0.15, 0.2) is 0 Å². The van der Waals surface area contributed by atoms with Gasteiger partial charge in [-0.25, -0.2) is 4.79 Å². The Morgan fingerprint density at radius 2 is 2.55 bits per heavy atom. The van der Waals surface area contributed by atoms with Crippen molar-refractivity contribution < 1.29 is 9.53 Å². The van der Waals surface area contributed by atoms with E-state index in [1.54, 1.807) is 19.2 Å². The molecule has 0 saturated carbocycles. The van der Waals surface area contributed by atoms with E-state index in [2.05, 4.69) is 4.98 Å². The Balaban J connectivity index is 2.76. The second kappa shape index (κ2) is 3.44. The van der Waals surface area contributed by atoms with Crippen LogP contribution in [0.5, 0.6) is 0 Å². The highest BCUT2D eigenvalue weighted by molar-refractivity contribution is 6.32. The van der Waals surface area contributed by atoms with E-state index >= 15 is 0 Å². The minimum atomic E-state index is -0.390. The van der Waals surface area contributed by atoms with E-state index in [1.165, 1.54) is 0 Å². The summed E-state index contributed by atoms with van der Waals surface area (Å²) in [6.07, 6.45) is 1.59. The van der Waals surface area contributed by atoms with Gasteiger partial charge in [-0.1, -0.05) is 11.6 Å². The van der Waals surface area contributed by atoms with Gasteiger partial charge < -0.3 is 9.72 Å². The molecule has 60 valence electrons. The number of aromatic nitrogens is 1. The molecule has 1 N–H and O–H groups in total. The molecular weight excluding hydrogens is 166 g/mol. The minimum absolute atomic E-state index is 0.323. The highest BCUT2D eigenvalue weighted by Gasteiger charge is 2.10. The van der Waals surface area contributed by atoms with Crippen molar-refractivity contribution in [2.75, 3.05) is 6.61 Å². The first-order valence-corrected chi connectivity index (χ1v) is 3.63. The SMILES string of the molecule is CCOC(=O)c1cc[nH]c1Cl. The average molecular weight is 174 g/mol. The third-order valence-electron chi connectivity index (χ3n) is 1.19. The second-order valence-corrected chi connectivity index (χ2v) is 2.30. The lowest BCUT2D eigenvalue weighted by molar-refractivity contribution is 0.0527. The Kier molecular flexibility index (Phi) is 2.54. The van der Waals surface area contributed by atoms with Crippen LogP contribution < -0.4 is 0 Å². The van der Waals surface area contributed by atoms with Crippen LogP contribution >= 0.6 is 11.6 Å². The molecule has 0 amide bonds. The molecule has 0 bridgehead atoms. The molecule has 1 heterocycles. The lowest BCUT2D eigenvalue weighted by Gasteiger charge is -1.97. The Bertz CT molecular complexity index is 257. The fourth-order valence-electron chi connectivity index (χ4n) is 0.716. The predicted octanol–water partition coefficient (Wildman–Crippen LogP) is 1.84. The van der Waals surface area contributed by atoms with Crippen LogP contribution in [0.4, 0.5) is 0 Å². The molecule has 3 nitrogen and oxygen atoms in total. The number of carbonyl (C=O) groups is 1. The number of ether oxygens (including phenoxy) is 1. The molecule has 0 atom stereocenters. The van der Waals surface area contributed by atoms with Crippen molar-refractivity contribution in [2.45, 2.75) is 6.92 Å². The van der Waals surface area contributed by atoms with E-state index in [1.807, 2.05) is 0 Å². The fraction of sp³-hybridized carbons (Fsp3) is 0.286. The van der Waals surface area contributed by atoms with Crippen molar-refractivity contribution in [1.29, 1.82) is 0 Å². The number of halogens is 1. The number of rotatable bonds is 2. The van der Waals surface area contributed by atoms with Crippen LogP contribution in [0.15, 0.2) is 12.3 Å². The number of H-pyrrole nitrogens is 1. The summed E-state index contributed by atoms with van der Waals surface area (Å²) in [5.74, 6) is -0.390. The van der Waals surface area contributed by atoms with Crippen LogP contribution in [0, 0.1) is 0 Å². The average Bonchev–Trinajstić information content (AvgIpc) is 2.36. The molecule has 0 saturated heterocycles. The summed E-state index contributed by atoms with van der Waals surface area (Å²) in [5.41, 5.74) is 0.383. The van der Waals surface area contributed by atoms with E-state index in [0.29, 0.717) is 17.3 Å². The molecular formula is C7H8ClNO2. The van der Waals surface area contributed by atoms with Crippen LogP contribution in [0.2, 0.25) is 5.15 Å². The standard InChI is InChI=1S/C7H8ClNO2/c1-2-11-7(10)5-3-4-9-6(5)8/h3-4,9H,2H2,1H3. The maximum atomic E-state index is 11.0. The van der Waals surface area contributed by atoms with Gasteiger partial charge in [0, 0.05) is 6.20 Å². The zero-order valence-electron chi connectivity index (χ0n) is 6.06. The molecule has 0 aliphatic carbocycles. The Labute approximate surface area is 69.3 Å². The monoisotopic (exact) mass is 173 g/mol. The van der Waals surface area contributed by atoms with Gasteiger partial charge in [-0.2, -0.15) is 0 Å². The summed E-state index contributed by atoms with van der Waals surface area (Å²) in [7, 11) is 0. The third kappa shape index (κ3) is 1.74. The summed E-state index contributed by atoms with van der Waals surface area (Å²) in [5, 5.41) is 0.323. The zero-order chi connectivity index (χ0) is 8.27. The van der Waals surface area contributed by atoms with E-state index < -0.39 is 5.97 Å². The molecule has 0 aliphatic heterocycles. The minimum Gasteiger partial charge on any atom is -0.462 e. The van der Waals surface area contributed by atoms with Gasteiger partial charge in [0.25, 0.3) is 0 Å². The number of hydrogen-bond acceptors (Lipinski definition) is 2. The van der Waals surface area contributed by atoms with Crippen molar-refractivity contribution in [3.63, 3.8) is 0 Å². The molecule has 1 aromatic heterocycles. The van der Waals surface area contributed by atoms with Gasteiger partial charge in [-0.15, -0.1) is 0 Å². The number of carbonyl (C=O) groups excluding carboxylic acids is 1. The lowest BCUT2D eigenvalue weighted by atomic mass is 10.3. The number of hydrogen-bond donors (Lipinski definition) is 1. The predicted molar refractivity (Wildman–Crippen MR) is 41.8 cm³/mol. The normalized spacial score (nSPS) is 9.64. The Morgan fingerprint density at radius 1 is 1.82 bits per heavy atom. The van der Waals surface area contributed by atoms with Crippen molar-refractivity contribution in [1.82, 2.24) is 4.98 Å². The van der Waals surface area contributed by atoms with Crippen molar-refractivity contribution in [2.24, 2.45) is 0 Å². The third-order valence-corrected chi connectivity index (χ3v) is 1.50. The van der Waals surface area contributed by atoms with Crippen LogP contribution in [-0.2, 0) is 4.74 Å². The molecule has 0 radical (unpaired) electrons. The number of aromatic amines is 1. The van der Waals surface area contributed by atoms with Crippen LogP contribution in [0.3, 0.4) is 0 Å². The van der Waals surface area contributed by atoms with Gasteiger partial charge in [0.1, 0.15) is 5.15 Å². The van der Waals surface area contributed by atoms with E-state index in [-0.39, 0.29) is 0 Å². The number of nitrogens with one attached hydrogen (secondary N) is 1. The van der Waals surface area contributed by atoms with Gasteiger partial charge >= 0.3 is 5.97 Å². The van der Waals surface area contributed by atoms with Crippen molar-refractivity contribution in [3.8, 4) is 0 Å². The maximum Gasteiger partial charge on any atom is 0.341 e. The molecule has 0 spiro atoms. The second-order valence-electron chi connectivity index (χ2n) is 1.93. The van der Waals surface area contributed by atoms with Gasteiger partial charge in [0.05, 0.1) is 12.2 Å². The van der Waals surface area contributed by atoms with Gasteiger partial charge in [-0.3, -0.25) is 0 Å². The van der Waals surface area contributed by atoms with E-state index in [0.717, 1.165) is 0 Å². The molecule has 0 aromatic carbocycles. The summed E-state index contributed by atoms with van der Waals surface area (Å²) in [6, 6.07) is 1.58.